The van der Waals surface area contributed by atoms with Crippen molar-refractivity contribution in [3.63, 3.8) is 0 Å². The van der Waals surface area contributed by atoms with Crippen LogP contribution in [0.2, 0.25) is 0 Å². The summed E-state index contributed by atoms with van der Waals surface area (Å²) in [5.74, 6) is 0.857. The average Bonchev–Trinajstić information content (AvgIpc) is 2.67. The normalized spacial score (nSPS) is 10.9. The maximum Gasteiger partial charge on any atom is 0.148 e. The molecule has 18 heavy (non-hydrogen) atoms. The fourth-order valence-corrected chi connectivity index (χ4v) is 2.13. The lowest BCUT2D eigenvalue weighted by Gasteiger charge is -2.08. The Labute approximate surface area is 107 Å². The first-order valence-corrected chi connectivity index (χ1v) is 5.93. The van der Waals surface area contributed by atoms with E-state index in [1.165, 1.54) is 5.56 Å². The number of hydrogen-bond acceptors (Lipinski definition) is 4. The van der Waals surface area contributed by atoms with Crippen LogP contribution in [-0.4, -0.2) is 19.6 Å². The molecule has 0 aliphatic heterocycles. The minimum Gasteiger partial charge on any atom is -0.394 e. The molecule has 2 heterocycles. The van der Waals surface area contributed by atoms with E-state index in [9.17, 15) is 0 Å². The Morgan fingerprint density at radius 3 is 2.11 bits per heavy atom. The van der Waals surface area contributed by atoms with Crippen LogP contribution in [0.25, 0.3) is 0 Å². The number of nitrogen functional groups attached to an aromatic ring is 1. The van der Waals surface area contributed by atoms with Gasteiger partial charge in [0.1, 0.15) is 5.82 Å². The van der Waals surface area contributed by atoms with E-state index in [2.05, 4.69) is 22.4 Å². The number of anilines is 2. The van der Waals surface area contributed by atoms with Crippen LogP contribution in [0.4, 0.5) is 11.5 Å². The van der Waals surface area contributed by atoms with Gasteiger partial charge in [-0.3, -0.25) is 9.36 Å². The van der Waals surface area contributed by atoms with Gasteiger partial charge >= 0.3 is 0 Å². The molecule has 0 saturated heterocycles. The van der Waals surface area contributed by atoms with Gasteiger partial charge in [0.2, 0.25) is 0 Å². The lowest BCUT2D eigenvalue weighted by Crippen LogP contribution is -2.07. The number of rotatable bonds is 3. The van der Waals surface area contributed by atoms with Crippen LogP contribution < -0.4 is 11.1 Å². The minimum absolute atomic E-state index is 0.703. The highest BCUT2D eigenvalue weighted by Gasteiger charge is 2.13. The monoisotopic (exact) mass is 248 g/mol. The minimum atomic E-state index is 0.703. The molecule has 0 bridgehead atoms. The predicted octanol–water partition coefficient (Wildman–Crippen LogP) is 1.27. The van der Waals surface area contributed by atoms with Gasteiger partial charge < -0.3 is 11.1 Å². The summed E-state index contributed by atoms with van der Waals surface area (Å²) in [5.41, 5.74) is 10.9. The molecule has 0 aliphatic carbocycles. The highest BCUT2D eigenvalue weighted by atomic mass is 15.3. The molecule has 0 radical (unpaired) electrons. The predicted molar refractivity (Wildman–Crippen MR) is 72.4 cm³/mol. The first-order valence-electron chi connectivity index (χ1n) is 5.93. The van der Waals surface area contributed by atoms with E-state index in [0.29, 0.717) is 12.2 Å². The van der Waals surface area contributed by atoms with Crippen molar-refractivity contribution in [1.29, 1.82) is 0 Å². The molecule has 0 saturated carbocycles. The van der Waals surface area contributed by atoms with Crippen molar-refractivity contribution in [1.82, 2.24) is 19.6 Å². The van der Waals surface area contributed by atoms with Crippen molar-refractivity contribution in [2.75, 3.05) is 11.1 Å². The SMILES string of the molecule is Cc1nn(C)c(NCc2c(C)nn(C)c2C)c1N. The van der Waals surface area contributed by atoms with Crippen molar-refractivity contribution < 1.29 is 0 Å². The lowest BCUT2D eigenvalue weighted by atomic mass is 10.2. The molecule has 2 aromatic rings. The second-order valence-corrected chi connectivity index (χ2v) is 4.60. The molecule has 0 amide bonds. The maximum absolute atomic E-state index is 5.98. The summed E-state index contributed by atoms with van der Waals surface area (Å²) in [4.78, 5) is 0. The summed E-state index contributed by atoms with van der Waals surface area (Å²) in [5, 5.41) is 12.0. The molecule has 6 nitrogen and oxygen atoms in total. The van der Waals surface area contributed by atoms with E-state index in [1.54, 1.807) is 4.68 Å². The first-order chi connectivity index (χ1) is 8.41. The standard InChI is InChI=1S/C12H20N6/c1-7-10(9(3)17(4)15-7)6-14-12-11(13)8(2)16-18(12)5/h14H,6,13H2,1-5H3. The Morgan fingerprint density at radius 2 is 1.67 bits per heavy atom. The number of nitrogens with two attached hydrogens (primary N) is 1. The quantitative estimate of drug-likeness (QED) is 0.858. The van der Waals surface area contributed by atoms with E-state index >= 15 is 0 Å². The van der Waals surface area contributed by atoms with Crippen molar-refractivity contribution in [3.8, 4) is 0 Å². The van der Waals surface area contributed by atoms with Gasteiger partial charge in [-0.1, -0.05) is 0 Å². The highest BCUT2D eigenvalue weighted by molar-refractivity contribution is 5.64. The van der Waals surface area contributed by atoms with Crippen LogP contribution in [0.5, 0.6) is 0 Å². The summed E-state index contributed by atoms with van der Waals surface area (Å²) in [6, 6.07) is 0. The molecule has 0 unspecified atom stereocenters. The third-order valence-corrected chi connectivity index (χ3v) is 3.36. The lowest BCUT2D eigenvalue weighted by molar-refractivity contribution is 0.730. The smallest absolute Gasteiger partial charge is 0.148 e. The van der Waals surface area contributed by atoms with Gasteiger partial charge in [-0.15, -0.1) is 0 Å². The third kappa shape index (κ3) is 1.94. The van der Waals surface area contributed by atoms with E-state index < -0.39 is 0 Å². The Hall–Kier alpha value is -1.98. The molecular formula is C12H20N6. The summed E-state index contributed by atoms with van der Waals surface area (Å²) in [6.07, 6.45) is 0. The first kappa shape index (κ1) is 12.5. The third-order valence-electron chi connectivity index (χ3n) is 3.36. The number of aryl methyl sites for hydroxylation is 4. The zero-order chi connectivity index (χ0) is 13.4. The highest BCUT2D eigenvalue weighted by Crippen LogP contribution is 2.22. The summed E-state index contributed by atoms with van der Waals surface area (Å²) in [6.45, 7) is 6.69. The van der Waals surface area contributed by atoms with Crippen LogP contribution in [0, 0.1) is 20.8 Å². The van der Waals surface area contributed by atoms with Gasteiger partial charge in [0.15, 0.2) is 0 Å². The number of aromatic nitrogens is 4. The molecule has 0 atom stereocenters. The molecule has 6 heteroatoms. The van der Waals surface area contributed by atoms with Gasteiger partial charge in [-0.05, 0) is 20.8 Å². The maximum atomic E-state index is 5.98. The van der Waals surface area contributed by atoms with Gasteiger partial charge in [0.25, 0.3) is 0 Å². The zero-order valence-electron chi connectivity index (χ0n) is 11.6. The summed E-state index contributed by atoms with van der Waals surface area (Å²) in [7, 11) is 3.84. The Balaban J connectivity index is 2.21. The van der Waals surface area contributed by atoms with Gasteiger partial charge in [-0.25, -0.2) is 0 Å². The van der Waals surface area contributed by atoms with Crippen LogP contribution in [0.15, 0.2) is 0 Å². The molecule has 0 aromatic carbocycles. The molecule has 2 aromatic heterocycles. The van der Waals surface area contributed by atoms with E-state index in [4.69, 9.17) is 5.73 Å². The van der Waals surface area contributed by atoms with Crippen molar-refractivity contribution >= 4 is 11.5 Å². The Kier molecular flexibility index (Phi) is 3.02. The van der Waals surface area contributed by atoms with Gasteiger partial charge in [0, 0.05) is 31.9 Å². The molecule has 0 aliphatic rings. The van der Waals surface area contributed by atoms with Crippen LogP contribution in [0.3, 0.4) is 0 Å². The van der Waals surface area contributed by atoms with E-state index in [0.717, 1.165) is 22.9 Å². The van der Waals surface area contributed by atoms with Crippen LogP contribution >= 0.6 is 0 Å². The second kappa shape index (κ2) is 4.36. The molecule has 0 fully saturated rings. The molecule has 2 rings (SSSR count). The van der Waals surface area contributed by atoms with Crippen molar-refractivity contribution in [2.45, 2.75) is 27.3 Å². The van der Waals surface area contributed by atoms with Gasteiger partial charge in [0.05, 0.1) is 17.1 Å². The fourth-order valence-electron chi connectivity index (χ4n) is 2.13. The molecule has 0 spiro atoms. The Bertz CT molecular complexity index is 526. The van der Waals surface area contributed by atoms with Crippen molar-refractivity contribution in [3.05, 3.63) is 22.6 Å². The molecule has 98 valence electrons. The summed E-state index contributed by atoms with van der Waals surface area (Å²) >= 11 is 0. The fraction of sp³-hybridized carbons (Fsp3) is 0.500. The van der Waals surface area contributed by atoms with Crippen molar-refractivity contribution in [2.24, 2.45) is 14.1 Å². The van der Waals surface area contributed by atoms with Crippen LogP contribution in [-0.2, 0) is 20.6 Å². The second-order valence-electron chi connectivity index (χ2n) is 4.60. The largest absolute Gasteiger partial charge is 0.394 e. The van der Waals surface area contributed by atoms with Crippen LogP contribution in [0.1, 0.15) is 22.6 Å². The Morgan fingerprint density at radius 1 is 1.06 bits per heavy atom. The summed E-state index contributed by atoms with van der Waals surface area (Å²) < 4.78 is 3.66. The number of nitrogens with zero attached hydrogens (tertiary/aromatic N) is 4. The molecular weight excluding hydrogens is 228 g/mol. The topological polar surface area (TPSA) is 73.7 Å². The van der Waals surface area contributed by atoms with Gasteiger partial charge in [-0.2, -0.15) is 10.2 Å². The molecule has 3 N–H and O–H groups in total. The van der Waals surface area contributed by atoms with E-state index in [1.807, 2.05) is 32.6 Å². The number of hydrogen-bond donors (Lipinski definition) is 2. The van der Waals surface area contributed by atoms with E-state index in [-0.39, 0.29) is 0 Å². The number of nitrogens with one attached hydrogen (secondary N) is 1. The average molecular weight is 248 g/mol. The zero-order valence-corrected chi connectivity index (χ0v) is 11.6.